The van der Waals surface area contributed by atoms with Crippen LogP contribution in [0.2, 0.25) is 0 Å². The van der Waals surface area contributed by atoms with E-state index in [1.807, 2.05) is 24.3 Å². The highest BCUT2D eigenvalue weighted by Crippen LogP contribution is 2.53. The zero-order chi connectivity index (χ0) is 18.8. The number of amides is 1. The Morgan fingerprint density at radius 3 is 2.70 bits per heavy atom. The Kier molecular flexibility index (Phi) is 3.39. The predicted octanol–water partition coefficient (Wildman–Crippen LogP) is 3.06. The van der Waals surface area contributed by atoms with Crippen molar-refractivity contribution in [2.24, 2.45) is 0 Å². The summed E-state index contributed by atoms with van der Waals surface area (Å²) >= 11 is 0. The number of fused-ring (bicyclic) bond motifs is 5. The van der Waals surface area contributed by atoms with Gasteiger partial charge in [0, 0.05) is 11.3 Å². The zero-order valence-corrected chi connectivity index (χ0v) is 15.2. The molecule has 1 amide bonds. The topological polar surface area (TPSA) is 66.8 Å². The lowest BCUT2D eigenvalue weighted by Crippen LogP contribution is -2.49. The molecule has 0 bridgehead atoms. The quantitative estimate of drug-likeness (QED) is 0.910. The van der Waals surface area contributed by atoms with Gasteiger partial charge in [-0.05, 0) is 54.5 Å². The number of aryl methyl sites for hydroxylation is 2. The molecule has 3 aliphatic rings. The van der Waals surface area contributed by atoms with Gasteiger partial charge < -0.3 is 9.84 Å². The van der Waals surface area contributed by atoms with E-state index in [1.165, 1.54) is 16.0 Å². The van der Waals surface area contributed by atoms with Crippen LogP contribution in [0.1, 0.15) is 42.0 Å². The van der Waals surface area contributed by atoms with Crippen molar-refractivity contribution < 1.29 is 19.4 Å². The van der Waals surface area contributed by atoms with E-state index in [2.05, 4.69) is 12.1 Å². The number of carboxylic acids is 1. The fraction of sp³-hybridized carbons (Fsp3) is 0.364. The van der Waals surface area contributed by atoms with Crippen molar-refractivity contribution in [1.82, 2.24) is 0 Å². The third kappa shape index (κ3) is 2.00. The Balaban J connectivity index is 1.74. The molecule has 1 N–H and O–H groups in total. The maximum absolute atomic E-state index is 13.7. The van der Waals surface area contributed by atoms with Gasteiger partial charge in [-0.15, -0.1) is 0 Å². The van der Waals surface area contributed by atoms with Gasteiger partial charge in [-0.25, -0.2) is 4.79 Å². The van der Waals surface area contributed by atoms with Crippen molar-refractivity contribution in [1.29, 1.82) is 0 Å². The van der Waals surface area contributed by atoms with Gasteiger partial charge in [0.05, 0.1) is 0 Å². The third-order valence-corrected chi connectivity index (χ3v) is 6.29. The number of nitrogens with zero attached hydrogens (tertiary/aromatic N) is 1. The largest absolute Gasteiger partial charge is 0.491 e. The molecule has 5 rings (SSSR count). The first kappa shape index (κ1) is 16.4. The molecule has 0 saturated heterocycles. The van der Waals surface area contributed by atoms with Gasteiger partial charge in [0.2, 0.25) is 5.91 Å². The zero-order valence-electron chi connectivity index (χ0n) is 15.2. The lowest BCUT2D eigenvalue weighted by atomic mass is 9.76. The molecule has 5 nitrogen and oxygen atoms in total. The highest BCUT2D eigenvalue weighted by atomic mass is 16.5. The van der Waals surface area contributed by atoms with Crippen LogP contribution < -0.4 is 9.64 Å². The fourth-order valence-electron chi connectivity index (χ4n) is 4.97. The van der Waals surface area contributed by atoms with Crippen molar-refractivity contribution >= 4 is 17.6 Å². The number of aliphatic carboxylic acids is 1. The molecule has 2 aliphatic heterocycles. The molecule has 138 valence electrons. The molecule has 2 atom stereocenters. The monoisotopic (exact) mass is 363 g/mol. The third-order valence-electron chi connectivity index (χ3n) is 6.29. The van der Waals surface area contributed by atoms with Crippen molar-refractivity contribution in [2.75, 3.05) is 11.5 Å². The summed E-state index contributed by atoms with van der Waals surface area (Å²) in [5, 5.41) is 9.71. The lowest BCUT2D eigenvalue weighted by molar-refractivity contribution is -0.140. The molecule has 2 heterocycles. The average molecular weight is 363 g/mol. The Bertz CT molecular complexity index is 982. The second-order valence-electron chi connectivity index (χ2n) is 7.62. The molecule has 27 heavy (non-hydrogen) atoms. The molecule has 1 spiro atoms. The predicted molar refractivity (Wildman–Crippen MR) is 100 cm³/mol. The minimum atomic E-state index is -0.981. The van der Waals surface area contributed by atoms with E-state index >= 15 is 0 Å². The van der Waals surface area contributed by atoms with Crippen LogP contribution in [0.15, 0.2) is 36.4 Å². The summed E-state index contributed by atoms with van der Waals surface area (Å²) in [6.45, 7) is 2.03. The van der Waals surface area contributed by atoms with Crippen LogP contribution in [0.3, 0.4) is 0 Å². The van der Waals surface area contributed by atoms with Gasteiger partial charge in [-0.2, -0.15) is 0 Å². The molecule has 2 aromatic carbocycles. The standard InChI is InChI=1S/C22H21NO4/c1-2-17(20(24)25)23-18-9-4-3-8-15(18)22(21(23)26)12-27-19-11-14-7-5-6-13(14)10-16(19)22/h3-4,8-11,17H,2,5-7,12H2,1H3,(H,24,25). The van der Waals surface area contributed by atoms with Crippen LogP contribution in [-0.2, 0) is 27.8 Å². The van der Waals surface area contributed by atoms with Gasteiger partial charge >= 0.3 is 5.97 Å². The van der Waals surface area contributed by atoms with E-state index < -0.39 is 17.4 Å². The van der Waals surface area contributed by atoms with Gasteiger partial charge in [0.25, 0.3) is 0 Å². The van der Waals surface area contributed by atoms with E-state index in [0.29, 0.717) is 12.1 Å². The van der Waals surface area contributed by atoms with E-state index in [0.717, 1.165) is 36.1 Å². The Morgan fingerprint density at radius 2 is 1.96 bits per heavy atom. The molecule has 1 aliphatic carbocycles. The first-order chi connectivity index (χ1) is 13.1. The number of benzene rings is 2. The lowest BCUT2D eigenvalue weighted by Gasteiger charge is -2.27. The second-order valence-corrected chi connectivity index (χ2v) is 7.62. The van der Waals surface area contributed by atoms with Crippen molar-refractivity contribution in [3.8, 4) is 5.75 Å². The second kappa shape index (κ2) is 5.59. The number of carbonyl (C=O) groups is 2. The summed E-state index contributed by atoms with van der Waals surface area (Å²) in [4.78, 5) is 27.1. The molecule has 0 fully saturated rings. The van der Waals surface area contributed by atoms with E-state index in [4.69, 9.17) is 4.74 Å². The van der Waals surface area contributed by atoms with Gasteiger partial charge in [0.1, 0.15) is 23.8 Å². The van der Waals surface area contributed by atoms with Crippen LogP contribution in [0, 0.1) is 0 Å². The SMILES string of the molecule is CCC(C(=O)O)N1C(=O)C2(COc3cc4c(cc32)CCC4)c2ccccc21. The van der Waals surface area contributed by atoms with Crippen molar-refractivity contribution in [2.45, 2.75) is 44.1 Å². The Labute approximate surface area is 157 Å². The molecule has 2 unspecified atom stereocenters. The molecular formula is C22H21NO4. The molecular weight excluding hydrogens is 342 g/mol. The Morgan fingerprint density at radius 1 is 1.22 bits per heavy atom. The summed E-state index contributed by atoms with van der Waals surface area (Å²) in [7, 11) is 0. The van der Waals surface area contributed by atoms with Crippen molar-refractivity contribution in [3.63, 3.8) is 0 Å². The van der Waals surface area contributed by atoms with Crippen LogP contribution in [0.5, 0.6) is 5.75 Å². The Hall–Kier alpha value is -2.82. The van der Waals surface area contributed by atoms with E-state index in [-0.39, 0.29) is 12.5 Å². The smallest absolute Gasteiger partial charge is 0.326 e. The number of carboxylic acid groups (broad SMARTS) is 1. The molecule has 0 radical (unpaired) electrons. The van der Waals surface area contributed by atoms with E-state index in [1.54, 1.807) is 6.92 Å². The highest BCUT2D eigenvalue weighted by molar-refractivity contribution is 6.14. The molecule has 2 aromatic rings. The first-order valence-corrected chi connectivity index (χ1v) is 9.53. The van der Waals surface area contributed by atoms with Crippen molar-refractivity contribution in [3.05, 3.63) is 58.7 Å². The minimum Gasteiger partial charge on any atom is -0.491 e. The summed E-state index contributed by atoms with van der Waals surface area (Å²) in [5.41, 5.74) is 4.08. The van der Waals surface area contributed by atoms with Gasteiger partial charge in [0.15, 0.2) is 0 Å². The van der Waals surface area contributed by atoms with Crippen LogP contribution >= 0.6 is 0 Å². The summed E-state index contributed by atoms with van der Waals surface area (Å²) in [5.74, 6) is -0.399. The highest BCUT2D eigenvalue weighted by Gasteiger charge is 2.58. The van der Waals surface area contributed by atoms with Crippen LogP contribution in [-0.4, -0.2) is 29.6 Å². The number of anilines is 1. The maximum atomic E-state index is 13.7. The average Bonchev–Trinajstić information content (AvgIpc) is 3.33. The molecule has 0 saturated carbocycles. The number of rotatable bonds is 3. The molecule has 5 heteroatoms. The summed E-state index contributed by atoms with van der Waals surface area (Å²) in [6, 6.07) is 10.9. The van der Waals surface area contributed by atoms with Gasteiger partial charge in [-0.1, -0.05) is 31.2 Å². The normalized spacial score (nSPS) is 23.1. The number of hydrogen-bond donors (Lipinski definition) is 1. The number of hydrogen-bond acceptors (Lipinski definition) is 3. The first-order valence-electron chi connectivity index (χ1n) is 9.53. The minimum absolute atomic E-state index is 0.186. The number of para-hydroxylation sites is 1. The van der Waals surface area contributed by atoms with Gasteiger partial charge in [-0.3, -0.25) is 9.69 Å². The van der Waals surface area contributed by atoms with Crippen LogP contribution in [0.4, 0.5) is 5.69 Å². The van der Waals surface area contributed by atoms with E-state index in [9.17, 15) is 14.7 Å². The van der Waals surface area contributed by atoms with Crippen LogP contribution in [0.25, 0.3) is 0 Å². The number of carbonyl (C=O) groups excluding carboxylic acids is 1. The number of ether oxygens (including phenoxy) is 1. The summed E-state index contributed by atoms with van der Waals surface area (Å²) in [6.07, 6.45) is 3.54. The molecule has 0 aromatic heterocycles. The fourth-order valence-corrected chi connectivity index (χ4v) is 4.97. The maximum Gasteiger partial charge on any atom is 0.326 e. The summed E-state index contributed by atoms with van der Waals surface area (Å²) < 4.78 is 6.02.